The molecule has 1 aromatic heterocycles. The Morgan fingerprint density at radius 2 is 2.00 bits per heavy atom. The van der Waals surface area contributed by atoms with Crippen LogP contribution in [0.15, 0.2) is 48.7 Å². The van der Waals surface area contributed by atoms with E-state index in [-0.39, 0.29) is 5.60 Å². The Balaban J connectivity index is 1.36. The van der Waals surface area contributed by atoms with Gasteiger partial charge in [-0.25, -0.2) is 4.98 Å². The second-order valence-corrected chi connectivity index (χ2v) is 6.85. The fourth-order valence-electron chi connectivity index (χ4n) is 3.85. The minimum Gasteiger partial charge on any atom is -0.439 e. The van der Waals surface area contributed by atoms with E-state index in [4.69, 9.17) is 9.47 Å². The molecule has 24 heavy (non-hydrogen) atoms. The fraction of sp³-hybridized carbons (Fsp3) is 0.450. The molecule has 2 aliphatic rings. The summed E-state index contributed by atoms with van der Waals surface area (Å²) >= 11 is 0. The Labute approximate surface area is 143 Å². The predicted molar refractivity (Wildman–Crippen MR) is 94.5 cm³/mol. The van der Waals surface area contributed by atoms with Gasteiger partial charge in [0.15, 0.2) is 0 Å². The quantitative estimate of drug-likeness (QED) is 0.879. The van der Waals surface area contributed by atoms with Gasteiger partial charge in [-0.3, -0.25) is 0 Å². The summed E-state index contributed by atoms with van der Waals surface area (Å²) in [4.78, 5) is 4.20. The van der Waals surface area contributed by atoms with Gasteiger partial charge in [0.25, 0.3) is 0 Å². The van der Waals surface area contributed by atoms with Gasteiger partial charge in [0.1, 0.15) is 5.75 Å². The number of anilines is 1. The molecule has 0 bridgehead atoms. The minimum absolute atomic E-state index is 0.197. The molecule has 2 heterocycles. The highest BCUT2D eigenvalue weighted by Crippen LogP contribution is 2.40. The average Bonchev–Trinajstić information content (AvgIpc) is 3.07. The number of pyridine rings is 1. The van der Waals surface area contributed by atoms with Gasteiger partial charge < -0.3 is 14.8 Å². The summed E-state index contributed by atoms with van der Waals surface area (Å²) in [6, 6.07) is 14.3. The summed E-state index contributed by atoms with van der Waals surface area (Å²) in [7, 11) is 0. The topological polar surface area (TPSA) is 43.4 Å². The number of aromatic nitrogens is 1. The highest BCUT2D eigenvalue weighted by molar-refractivity contribution is 5.49. The van der Waals surface area contributed by atoms with Crippen molar-refractivity contribution in [2.75, 3.05) is 11.9 Å². The monoisotopic (exact) mass is 324 g/mol. The summed E-state index contributed by atoms with van der Waals surface area (Å²) in [6.45, 7) is 0.949. The third-order valence-corrected chi connectivity index (χ3v) is 5.15. The van der Waals surface area contributed by atoms with Crippen LogP contribution in [0, 0.1) is 0 Å². The predicted octanol–water partition coefficient (Wildman–Crippen LogP) is 4.78. The van der Waals surface area contributed by atoms with Crippen LogP contribution in [0.5, 0.6) is 11.6 Å². The summed E-state index contributed by atoms with van der Waals surface area (Å²) in [6.07, 6.45) is 8.90. The van der Waals surface area contributed by atoms with Crippen molar-refractivity contribution >= 4 is 5.69 Å². The maximum Gasteiger partial charge on any atom is 0.219 e. The summed E-state index contributed by atoms with van der Waals surface area (Å²) < 4.78 is 11.8. The van der Waals surface area contributed by atoms with Crippen LogP contribution in [0.4, 0.5) is 5.69 Å². The van der Waals surface area contributed by atoms with Crippen molar-refractivity contribution in [3.63, 3.8) is 0 Å². The van der Waals surface area contributed by atoms with Crippen molar-refractivity contribution in [2.24, 2.45) is 0 Å². The number of benzene rings is 1. The number of ether oxygens (including phenoxy) is 2. The van der Waals surface area contributed by atoms with Gasteiger partial charge in [-0.1, -0.05) is 12.1 Å². The summed E-state index contributed by atoms with van der Waals surface area (Å²) in [5, 5.41) is 3.66. The summed E-state index contributed by atoms with van der Waals surface area (Å²) in [5.74, 6) is 1.43. The third-order valence-electron chi connectivity index (χ3n) is 5.15. The maximum atomic E-state index is 6.01. The average molecular weight is 324 g/mol. The minimum atomic E-state index is 0.197. The Morgan fingerprint density at radius 3 is 2.75 bits per heavy atom. The van der Waals surface area contributed by atoms with E-state index in [0.29, 0.717) is 11.9 Å². The van der Waals surface area contributed by atoms with E-state index in [2.05, 4.69) is 16.4 Å². The first kappa shape index (κ1) is 15.5. The number of hydrogen-bond acceptors (Lipinski definition) is 4. The third kappa shape index (κ3) is 3.54. The van der Waals surface area contributed by atoms with Crippen molar-refractivity contribution in [1.82, 2.24) is 4.98 Å². The van der Waals surface area contributed by atoms with Crippen LogP contribution in [0.2, 0.25) is 0 Å². The number of rotatable bonds is 4. The van der Waals surface area contributed by atoms with Crippen molar-refractivity contribution in [3.8, 4) is 11.6 Å². The van der Waals surface area contributed by atoms with E-state index in [9.17, 15) is 0 Å². The molecule has 1 aromatic carbocycles. The molecule has 1 aliphatic heterocycles. The molecular formula is C20H24N2O2. The van der Waals surface area contributed by atoms with Crippen LogP contribution in [0.3, 0.4) is 0 Å². The maximum absolute atomic E-state index is 6.01. The van der Waals surface area contributed by atoms with Crippen molar-refractivity contribution in [1.29, 1.82) is 0 Å². The lowest BCUT2D eigenvalue weighted by Gasteiger charge is -2.37. The molecule has 0 amide bonds. The van der Waals surface area contributed by atoms with Gasteiger partial charge in [-0.15, -0.1) is 0 Å². The number of hydrogen-bond donors (Lipinski definition) is 1. The molecule has 126 valence electrons. The van der Waals surface area contributed by atoms with Gasteiger partial charge in [0.05, 0.1) is 5.60 Å². The molecule has 0 radical (unpaired) electrons. The Kier molecular flexibility index (Phi) is 4.39. The van der Waals surface area contributed by atoms with E-state index in [0.717, 1.165) is 18.0 Å². The molecule has 1 aliphatic carbocycles. The van der Waals surface area contributed by atoms with E-state index in [1.165, 1.54) is 38.5 Å². The van der Waals surface area contributed by atoms with Crippen molar-refractivity contribution < 1.29 is 9.47 Å². The lowest BCUT2D eigenvalue weighted by Crippen LogP contribution is -2.37. The first-order chi connectivity index (χ1) is 11.8. The zero-order valence-corrected chi connectivity index (χ0v) is 13.9. The number of nitrogens with one attached hydrogen (secondary N) is 1. The van der Waals surface area contributed by atoms with Gasteiger partial charge in [0, 0.05) is 36.7 Å². The van der Waals surface area contributed by atoms with E-state index in [1.54, 1.807) is 6.20 Å². The zero-order valence-electron chi connectivity index (χ0n) is 13.9. The zero-order chi connectivity index (χ0) is 16.2. The van der Waals surface area contributed by atoms with Crippen LogP contribution in [-0.2, 0) is 4.74 Å². The highest BCUT2D eigenvalue weighted by atomic mass is 16.5. The molecule has 4 rings (SSSR count). The second-order valence-electron chi connectivity index (χ2n) is 6.85. The first-order valence-electron chi connectivity index (χ1n) is 8.91. The SMILES string of the molecule is c1ccc(Oc2cccc(NC3CCC4(CCCO4)CC3)c2)nc1. The molecule has 0 unspecified atom stereocenters. The normalized spacial score (nSPS) is 26.4. The molecule has 1 spiro atoms. The molecule has 2 aromatic rings. The molecule has 1 saturated carbocycles. The lowest BCUT2D eigenvalue weighted by molar-refractivity contribution is -0.0263. The standard InChI is InChI=1S/C20H24N2O2/c1-2-13-21-19(7-1)24-18-6-3-5-17(15-18)22-16-8-11-20(12-9-16)10-4-14-23-20/h1-3,5-7,13,15-16,22H,4,8-12,14H2. The molecule has 2 fully saturated rings. The van der Waals surface area contributed by atoms with Gasteiger partial charge in [-0.05, 0) is 56.7 Å². The first-order valence-corrected chi connectivity index (χ1v) is 8.91. The molecule has 0 atom stereocenters. The van der Waals surface area contributed by atoms with Gasteiger partial charge in [-0.2, -0.15) is 0 Å². The van der Waals surface area contributed by atoms with Crippen LogP contribution < -0.4 is 10.1 Å². The lowest BCUT2D eigenvalue weighted by atomic mass is 9.80. The van der Waals surface area contributed by atoms with Crippen LogP contribution in [0.25, 0.3) is 0 Å². The Hall–Kier alpha value is -2.07. The van der Waals surface area contributed by atoms with Crippen LogP contribution >= 0.6 is 0 Å². The Morgan fingerprint density at radius 1 is 1.08 bits per heavy atom. The van der Waals surface area contributed by atoms with E-state index in [1.807, 2.05) is 36.4 Å². The fourth-order valence-corrected chi connectivity index (χ4v) is 3.85. The smallest absolute Gasteiger partial charge is 0.219 e. The molecule has 1 saturated heterocycles. The van der Waals surface area contributed by atoms with Gasteiger partial charge in [0.2, 0.25) is 5.88 Å². The molecular weight excluding hydrogens is 300 g/mol. The van der Waals surface area contributed by atoms with E-state index < -0.39 is 0 Å². The van der Waals surface area contributed by atoms with Gasteiger partial charge >= 0.3 is 0 Å². The largest absolute Gasteiger partial charge is 0.439 e. The van der Waals surface area contributed by atoms with Crippen LogP contribution in [-0.4, -0.2) is 23.2 Å². The highest BCUT2D eigenvalue weighted by Gasteiger charge is 2.38. The summed E-state index contributed by atoms with van der Waals surface area (Å²) in [5.41, 5.74) is 1.30. The molecule has 4 nitrogen and oxygen atoms in total. The van der Waals surface area contributed by atoms with Crippen LogP contribution in [0.1, 0.15) is 38.5 Å². The molecule has 4 heteroatoms. The van der Waals surface area contributed by atoms with Crippen molar-refractivity contribution in [2.45, 2.75) is 50.2 Å². The van der Waals surface area contributed by atoms with E-state index >= 15 is 0 Å². The molecule has 1 N–H and O–H groups in total. The Bertz CT molecular complexity index is 658. The van der Waals surface area contributed by atoms with Crippen molar-refractivity contribution in [3.05, 3.63) is 48.7 Å². The number of nitrogens with zero attached hydrogens (tertiary/aromatic N) is 1. The second kappa shape index (κ2) is 6.81.